The number of hydrogen-bond acceptors (Lipinski definition) is 3. The zero-order chi connectivity index (χ0) is 14.3. The van der Waals surface area contributed by atoms with Gasteiger partial charge in [0.1, 0.15) is 6.61 Å². The fourth-order valence-corrected chi connectivity index (χ4v) is 3.64. The van der Waals surface area contributed by atoms with E-state index in [0.29, 0.717) is 13.0 Å². The van der Waals surface area contributed by atoms with E-state index in [0.717, 1.165) is 5.56 Å². The molecule has 0 N–H and O–H groups in total. The summed E-state index contributed by atoms with van der Waals surface area (Å²) in [5, 5.41) is 0. The molecule has 2 unspecified atom stereocenters. The van der Waals surface area contributed by atoms with Gasteiger partial charge in [-0.1, -0.05) is 53.5 Å². The van der Waals surface area contributed by atoms with Crippen LogP contribution in [0.15, 0.2) is 30.3 Å². The third-order valence-corrected chi connectivity index (χ3v) is 4.69. The van der Waals surface area contributed by atoms with E-state index in [1.165, 1.54) is 4.90 Å². The molecule has 2 fully saturated rings. The van der Waals surface area contributed by atoms with Crippen molar-refractivity contribution in [1.82, 2.24) is 4.90 Å². The van der Waals surface area contributed by atoms with E-state index in [2.05, 4.69) is 0 Å². The molecule has 20 heavy (non-hydrogen) atoms. The standard InChI is InChI=1S/C14H13Cl2NO3/c15-14(16)11-10(12(14)18)6-7-17(11)13(19)20-8-9-4-2-1-3-5-9/h1-5,10-11H,6-8H2. The summed E-state index contributed by atoms with van der Waals surface area (Å²) in [4.78, 5) is 25.2. The number of carbonyl (C=O) groups is 2. The van der Waals surface area contributed by atoms with E-state index < -0.39 is 16.5 Å². The van der Waals surface area contributed by atoms with Crippen LogP contribution in [0.5, 0.6) is 0 Å². The maximum Gasteiger partial charge on any atom is 0.410 e. The molecular weight excluding hydrogens is 301 g/mol. The van der Waals surface area contributed by atoms with Crippen LogP contribution in [0, 0.1) is 5.92 Å². The number of alkyl halides is 2. The Morgan fingerprint density at radius 2 is 2.05 bits per heavy atom. The minimum atomic E-state index is -1.48. The highest BCUT2D eigenvalue weighted by atomic mass is 35.5. The first-order valence-electron chi connectivity index (χ1n) is 6.41. The van der Waals surface area contributed by atoms with Gasteiger partial charge in [0.25, 0.3) is 0 Å². The van der Waals surface area contributed by atoms with Crippen molar-refractivity contribution in [3.8, 4) is 0 Å². The lowest BCUT2D eigenvalue weighted by molar-refractivity contribution is -0.133. The minimum absolute atomic E-state index is 0.191. The number of hydrogen-bond donors (Lipinski definition) is 0. The zero-order valence-corrected chi connectivity index (χ0v) is 12.1. The second-order valence-electron chi connectivity index (χ2n) is 5.06. The Hall–Kier alpha value is -1.26. The number of rotatable bonds is 2. The summed E-state index contributed by atoms with van der Waals surface area (Å²) in [5.41, 5.74) is 0.907. The summed E-state index contributed by atoms with van der Waals surface area (Å²) in [6.45, 7) is 0.648. The van der Waals surface area contributed by atoms with Gasteiger partial charge in [-0.25, -0.2) is 4.79 Å². The smallest absolute Gasteiger partial charge is 0.410 e. The summed E-state index contributed by atoms with van der Waals surface area (Å²) in [6, 6.07) is 8.94. The van der Waals surface area contributed by atoms with Crippen molar-refractivity contribution in [1.29, 1.82) is 0 Å². The molecule has 1 heterocycles. The Kier molecular flexibility index (Phi) is 3.38. The van der Waals surface area contributed by atoms with Crippen LogP contribution in [0.1, 0.15) is 12.0 Å². The van der Waals surface area contributed by atoms with Gasteiger partial charge in [-0.15, -0.1) is 0 Å². The first-order valence-corrected chi connectivity index (χ1v) is 7.17. The van der Waals surface area contributed by atoms with Crippen molar-refractivity contribution < 1.29 is 14.3 Å². The van der Waals surface area contributed by atoms with E-state index in [1.807, 2.05) is 30.3 Å². The molecule has 2 aliphatic rings. The van der Waals surface area contributed by atoms with Crippen molar-refractivity contribution in [2.24, 2.45) is 5.92 Å². The van der Waals surface area contributed by atoms with Gasteiger partial charge in [0, 0.05) is 12.5 Å². The predicted molar refractivity (Wildman–Crippen MR) is 74.7 cm³/mol. The molecule has 1 aliphatic carbocycles. The van der Waals surface area contributed by atoms with Crippen LogP contribution in [0.3, 0.4) is 0 Å². The van der Waals surface area contributed by atoms with Gasteiger partial charge in [-0.2, -0.15) is 0 Å². The highest BCUT2D eigenvalue weighted by Crippen LogP contribution is 2.51. The van der Waals surface area contributed by atoms with Crippen LogP contribution in [-0.2, 0) is 16.1 Å². The number of Topliss-reactive ketones (excluding diaryl/α,β-unsaturated/α-hetero) is 1. The highest BCUT2D eigenvalue weighted by Gasteiger charge is 2.66. The number of ketones is 1. The molecule has 1 aromatic carbocycles. The molecular formula is C14H13Cl2NO3. The molecule has 0 radical (unpaired) electrons. The van der Waals surface area contributed by atoms with Crippen LogP contribution >= 0.6 is 23.2 Å². The average molecular weight is 314 g/mol. The zero-order valence-electron chi connectivity index (χ0n) is 10.6. The molecule has 1 aliphatic heterocycles. The Morgan fingerprint density at radius 3 is 2.75 bits per heavy atom. The van der Waals surface area contributed by atoms with E-state index >= 15 is 0 Å². The summed E-state index contributed by atoms with van der Waals surface area (Å²) >= 11 is 12.0. The minimum Gasteiger partial charge on any atom is -0.445 e. The van der Waals surface area contributed by atoms with Gasteiger partial charge in [-0.3, -0.25) is 4.79 Å². The summed E-state index contributed by atoms with van der Waals surface area (Å²) in [6.07, 6.45) is 0.130. The van der Waals surface area contributed by atoms with Crippen molar-refractivity contribution in [2.45, 2.75) is 23.4 Å². The lowest BCUT2D eigenvalue weighted by Crippen LogP contribution is -2.64. The number of nitrogens with zero attached hydrogens (tertiary/aromatic N) is 1. The molecule has 1 saturated carbocycles. The Morgan fingerprint density at radius 1 is 1.35 bits per heavy atom. The molecule has 1 amide bonds. The van der Waals surface area contributed by atoms with Gasteiger partial charge in [-0.05, 0) is 12.0 Å². The second-order valence-corrected chi connectivity index (χ2v) is 6.45. The second kappa shape index (κ2) is 4.93. The molecule has 6 heteroatoms. The van der Waals surface area contributed by atoms with Crippen molar-refractivity contribution in [2.75, 3.05) is 6.54 Å². The van der Waals surface area contributed by atoms with Gasteiger partial charge in [0.15, 0.2) is 10.1 Å². The topological polar surface area (TPSA) is 46.6 Å². The number of fused-ring (bicyclic) bond motifs is 1. The molecule has 0 aromatic heterocycles. The van der Waals surface area contributed by atoms with Crippen molar-refractivity contribution in [3.05, 3.63) is 35.9 Å². The van der Waals surface area contributed by atoms with Crippen LogP contribution in [0.4, 0.5) is 4.79 Å². The fraction of sp³-hybridized carbons (Fsp3) is 0.429. The summed E-state index contributed by atoms with van der Waals surface area (Å²) < 4.78 is 3.77. The third-order valence-electron chi connectivity index (χ3n) is 3.87. The van der Waals surface area contributed by atoms with E-state index in [-0.39, 0.29) is 18.3 Å². The van der Waals surface area contributed by atoms with Gasteiger partial charge in [0.05, 0.1) is 6.04 Å². The van der Waals surface area contributed by atoms with Crippen molar-refractivity contribution in [3.63, 3.8) is 0 Å². The summed E-state index contributed by atoms with van der Waals surface area (Å²) in [5.74, 6) is -0.432. The lowest BCUT2D eigenvalue weighted by atomic mass is 9.77. The van der Waals surface area contributed by atoms with Crippen LogP contribution in [0.25, 0.3) is 0 Å². The molecule has 0 bridgehead atoms. The molecule has 106 valence electrons. The average Bonchev–Trinajstić information content (AvgIpc) is 2.88. The fourth-order valence-electron chi connectivity index (χ4n) is 2.82. The maximum atomic E-state index is 12.1. The van der Waals surface area contributed by atoms with Gasteiger partial charge < -0.3 is 9.64 Å². The number of halogens is 2. The lowest BCUT2D eigenvalue weighted by Gasteiger charge is -2.44. The van der Waals surface area contributed by atoms with Gasteiger partial charge >= 0.3 is 6.09 Å². The quantitative estimate of drug-likeness (QED) is 0.789. The van der Waals surface area contributed by atoms with Crippen LogP contribution < -0.4 is 0 Å². The molecule has 4 nitrogen and oxygen atoms in total. The number of likely N-dealkylation sites (tertiary alicyclic amines) is 1. The molecule has 3 rings (SSSR count). The Labute approximate surface area is 126 Å². The Bertz CT molecular complexity index is 547. The van der Waals surface area contributed by atoms with Crippen LogP contribution in [-0.4, -0.2) is 33.7 Å². The summed E-state index contributed by atoms with van der Waals surface area (Å²) in [7, 11) is 0. The first-order chi connectivity index (χ1) is 9.51. The van der Waals surface area contributed by atoms with Crippen molar-refractivity contribution >= 4 is 35.1 Å². The largest absolute Gasteiger partial charge is 0.445 e. The molecule has 0 spiro atoms. The predicted octanol–water partition coefficient (Wildman–Crippen LogP) is 2.77. The third kappa shape index (κ3) is 2.07. The number of ether oxygens (including phenoxy) is 1. The van der Waals surface area contributed by atoms with Crippen LogP contribution in [0.2, 0.25) is 0 Å². The monoisotopic (exact) mass is 313 g/mol. The first kappa shape index (κ1) is 13.7. The molecule has 1 aromatic rings. The number of amides is 1. The molecule has 2 atom stereocenters. The van der Waals surface area contributed by atoms with E-state index in [4.69, 9.17) is 27.9 Å². The SMILES string of the molecule is O=C(OCc1ccccc1)N1CCC2C(=O)C(Cl)(Cl)C21. The molecule has 1 saturated heterocycles. The Balaban J connectivity index is 1.63. The number of carbonyl (C=O) groups excluding carboxylic acids is 2. The number of benzene rings is 1. The van der Waals surface area contributed by atoms with Gasteiger partial charge in [0.2, 0.25) is 0 Å². The van der Waals surface area contributed by atoms with E-state index in [1.54, 1.807) is 0 Å². The maximum absolute atomic E-state index is 12.1. The normalized spacial score (nSPS) is 26.9. The van der Waals surface area contributed by atoms with E-state index in [9.17, 15) is 9.59 Å². The highest BCUT2D eigenvalue weighted by molar-refractivity contribution is 6.61.